The van der Waals surface area contributed by atoms with E-state index >= 15 is 0 Å². The molecule has 1 aliphatic heterocycles. The molecular weight excluding hydrogens is 148 g/mol. The lowest BCUT2D eigenvalue weighted by atomic mass is 9.68. The molecular formula is C11H22O. The molecule has 0 bridgehead atoms. The highest BCUT2D eigenvalue weighted by molar-refractivity contribution is 4.83. The number of hydrogen-bond donors (Lipinski definition) is 0. The predicted octanol–water partition coefficient (Wildman–Crippen LogP) is 3.10. The minimum Gasteiger partial charge on any atom is -0.381 e. The van der Waals surface area contributed by atoms with E-state index in [9.17, 15) is 0 Å². The van der Waals surface area contributed by atoms with E-state index in [1.54, 1.807) is 0 Å². The van der Waals surface area contributed by atoms with E-state index in [1.807, 2.05) is 0 Å². The van der Waals surface area contributed by atoms with E-state index in [1.165, 1.54) is 12.8 Å². The summed E-state index contributed by atoms with van der Waals surface area (Å²) in [5.74, 6) is 1.62. The third-order valence-electron chi connectivity index (χ3n) is 3.73. The van der Waals surface area contributed by atoms with Gasteiger partial charge in [0.2, 0.25) is 0 Å². The molecule has 1 rings (SSSR count). The maximum absolute atomic E-state index is 5.39. The molecule has 0 aromatic carbocycles. The van der Waals surface area contributed by atoms with Gasteiger partial charge in [0.05, 0.1) is 0 Å². The standard InChI is InChI=1S/C11H22O/c1-9(2)10(3)11(4)5-7-12-8-6-11/h9-10H,5-8H2,1-4H3. The molecule has 1 saturated heterocycles. The largest absolute Gasteiger partial charge is 0.381 e. The van der Waals surface area contributed by atoms with Crippen LogP contribution in [0.4, 0.5) is 0 Å². The van der Waals surface area contributed by atoms with E-state index in [0.29, 0.717) is 5.41 Å². The molecule has 12 heavy (non-hydrogen) atoms. The van der Waals surface area contributed by atoms with Crippen LogP contribution in [0.1, 0.15) is 40.5 Å². The van der Waals surface area contributed by atoms with Gasteiger partial charge in [0.1, 0.15) is 0 Å². The summed E-state index contributed by atoms with van der Waals surface area (Å²) < 4.78 is 5.39. The van der Waals surface area contributed by atoms with Gasteiger partial charge in [0, 0.05) is 13.2 Å². The first kappa shape index (κ1) is 10.0. The zero-order valence-electron chi connectivity index (χ0n) is 8.89. The Morgan fingerprint density at radius 3 is 2.00 bits per heavy atom. The first-order valence-corrected chi connectivity index (χ1v) is 5.14. The van der Waals surface area contributed by atoms with Crippen LogP contribution in [0, 0.1) is 17.3 Å². The molecule has 1 heterocycles. The SMILES string of the molecule is CC(C)C(C)C1(C)CCOCC1. The Bertz CT molecular complexity index is 134. The van der Waals surface area contributed by atoms with Crippen LogP contribution in [-0.2, 0) is 4.74 Å². The van der Waals surface area contributed by atoms with Crippen molar-refractivity contribution in [3.8, 4) is 0 Å². The minimum atomic E-state index is 0.534. The molecule has 0 amide bonds. The molecule has 0 spiro atoms. The minimum absolute atomic E-state index is 0.534. The summed E-state index contributed by atoms with van der Waals surface area (Å²) in [6.45, 7) is 11.4. The van der Waals surface area contributed by atoms with Crippen LogP contribution >= 0.6 is 0 Å². The molecule has 1 fully saturated rings. The van der Waals surface area contributed by atoms with Crippen molar-refractivity contribution < 1.29 is 4.74 Å². The Morgan fingerprint density at radius 2 is 1.58 bits per heavy atom. The fourth-order valence-corrected chi connectivity index (χ4v) is 2.10. The molecule has 1 aliphatic rings. The van der Waals surface area contributed by atoms with Gasteiger partial charge >= 0.3 is 0 Å². The van der Waals surface area contributed by atoms with Gasteiger partial charge in [-0.3, -0.25) is 0 Å². The summed E-state index contributed by atoms with van der Waals surface area (Å²) in [6.07, 6.45) is 2.48. The van der Waals surface area contributed by atoms with Crippen molar-refractivity contribution in [2.45, 2.75) is 40.5 Å². The lowest BCUT2D eigenvalue weighted by Gasteiger charge is -2.41. The first-order valence-electron chi connectivity index (χ1n) is 5.14. The van der Waals surface area contributed by atoms with Crippen LogP contribution in [0.3, 0.4) is 0 Å². The maximum Gasteiger partial charge on any atom is 0.0471 e. The summed E-state index contributed by atoms with van der Waals surface area (Å²) in [6, 6.07) is 0. The van der Waals surface area contributed by atoms with Crippen molar-refractivity contribution in [2.75, 3.05) is 13.2 Å². The average molecular weight is 170 g/mol. The molecule has 1 atom stereocenters. The van der Waals surface area contributed by atoms with Gasteiger partial charge in [-0.05, 0) is 30.1 Å². The molecule has 0 aromatic heterocycles. The van der Waals surface area contributed by atoms with Crippen LogP contribution in [0.25, 0.3) is 0 Å². The maximum atomic E-state index is 5.39. The second kappa shape index (κ2) is 3.78. The van der Waals surface area contributed by atoms with Crippen molar-refractivity contribution in [3.63, 3.8) is 0 Å². The Hall–Kier alpha value is -0.0400. The van der Waals surface area contributed by atoms with Crippen LogP contribution < -0.4 is 0 Å². The fraction of sp³-hybridized carbons (Fsp3) is 1.00. The molecule has 0 saturated carbocycles. The van der Waals surface area contributed by atoms with Crippen molar-refractivity contribution in [2.24, 2.45) is 17.3 Å². The molecule has 0 aromatic rings. The van der Waals surface area contributed by atoms with E-state index in [2.05, 4.69) is 27.7 Å². The molecule has 0 aliphatic carbocycles. The van der Waals surface area contributed by atoms with Crippen molar-refractivity contribution in [1.29, 1.82) is 0 Å². The van der Waals surface area contributed by atoms with E-state index < -0.39 is 0 Å². The Morgan fingerprint density at radius 1 is 1.08 bits per heavy atom. The highest BCUT2D eigenvalue weighted by Gasteiger charge is 2.34. The Kier molecular flexibility index (Phi) is 3.16. The van der Waals surface area contributed by atoms with Gasteiger partial charge in [0.25, 0.3) is 0 Å². The Labute approximate surface area is 76.5 Å². The summed E-state index contributed by atoms with van der Waals surface area (Å²) in [4.78, 5) is 0. The van der Waals surface area contributed by atoms with E-state index in [-0.39, 0.29) is 0 Å². The third-order valence-corrected chi connectivity index (χ3v) is 3.73. The summed E-state index contributed by atoms with van der Waals surface area (Å²) >= 11 is 0. The monoisotopic (exact) mass is 170 g/mol. The van der Waals surface area contributed by atoms with Crippen LogP contribution in [0.2, 0.25) is 0 Å². The summed E-state index contributed by atoms with van der Waals surface area (Å²) in [5, 5.41) is 0. The van der Waals surface area contributed by atoms with Gasteiger partial charge < -0.3 is 4.74 Å². The van der Waals surface area contributed by atoms with E-state index in [4.69, 9.17) is 4.74 Å². The average Bonchev–Trinajstić information content (AvgIpc) is 2.04. The summed E-state index contributed by atoms with van der Waals surface area (Å²) in [5.41, 5.74) is 0.534. The van der Waals surface area contributed by atoms with Gasteiger partial charge in [-0.15, -0.1) is 0 Å². The third kappa shape index (κ3) is 2.01. The zero-order valence-corrected chi connectivity index (χ0v) is 8.89. The number of rotatable bonds is 2. The topological polar surface area (TPSA) is 9.23 Å². The molecule has 72 valence electrons. The molecule has 1 nitrogen and oxygen atoms in total. The van der Waals surface area contributed by atoms with Gasteiger partial charge in [-0.2, -0.15) is 0 Å². The van der Waals surface area contributed by atoms with Crippen molar-refractivity contribution in [3.05, 3.63) is 0 Å². The second-order valence-corrected chi connectivity index (χ2v) is 4.80. The van der Waals surface area contributed by atoms with Gasteiger partial charge in [-0.25, -0.2) is 0 Å². The quantitative estimate of drug-likeness (QED) is 0.619. The lowest BCUT2D eigenvalue weighted by molar-refractivity contribution is -0.0147. The second-order valence-electron chi connectivity index (χ2n) is 4.80. The highest BCUT2D eigenvalue weighted by atomic mass is 16.5. The first-order chi connectivity index (χ1) is 5.56. The van der Waals surface area contributed by atoms with Crippen LogP contribution in [0.5, 0.6) is 0 Å². The normalized spacial score (nSPS) is 25.8. The van der Waals surface area contributed by atoms with E-state index in [0.717, 1.165) is 25.0 Å². The lowest BCUT2D eigenvalue weighted by Crippen LogP contribution is -2.35. The zero-order chi connectivity index (χ0) is 9.19. The van der Waals surface area contributed by atoms with Crippen LogP contribution in [0.15, 0.2) is 0 Å². The molecule has 0 radical (unpaired) electrons. The fourth-order valence-electron chi connectivity index (χ4n) is 2.10. The van der Waals surface area contributed by atoms with Crippen molar-refractivity contribution in [1.82, 2.24) is 0 Å². The van der Waals surface area contributed by atoms with Gasteiger partial charge in [0.15, 0.2) is 0 Å². The highest BCUT2D eigenvalue weighted by Crippen LogP contribution is 2.40. The Balaban J connectivity index is 2.56. The van der Waals surface area contributed by atoms with Gasteiger partial charge in [-0.1, -0.05) is 27.7 Å². The predicted molar refractivity (Wildman–Crippen MR) is 52.2 cm³/mol. The number of ether oxygens (including phenoxy) is 1. The number of hydrogen-bond acceptors (Lipinski definition) is 1. The molecule has 1 heteroatoms. The smallest absolute Gasteiger partial charge is 0.0471 e. The van der Waals surface area contributed by atoms with Crippen molar-refractivity contribution >= 4 is 0 Å². The molecule has 0 N–H and O–H groups in total. The molecule has 1 unspecified atom stereocenters. The summed E-state index contributed by atoms with van der Waals surface area (Å²) in [7, 11) is 0. The van der Waals surface area contributed by atoms with Crippen LogP contribution in [-0.4, -0.2) is 13.2 Å².